The Morgan fingerprint density at radius 3 is 2.59 bits per heavy atom. The van der Waals surface area contributed by atoms with Crippen LogP contribution in [-0.4, -0.2) is 0 Å². The standard InChI is InChI=1S/C14H14Cl2S/c1-3-10-5-7-13(17-10)14(16)11-6-4-9(2)8-12(11)15/h4-8,14H,3H2,1-2H3. The third kappa shape index (κ3) is 2.85. The zero-order chi connectivity index (χ0) is 12.4. The highest BCUT2D eigenvalue weighted by Gasteiger charge is 2.16. The molecule has 1 aromatic carbocycles. The maximum atomic E-state index is 6.49. The van der Waals surface area contributed by atoms with Crippen LogP contribution in [0, 0.1) is 6.92 Å². The smallest absolute Gasteiger partial charge is 0.0942 e. The summed E-state index contributed by atoms with van der Waals surface area (Å²) in [4.78, 5) is 2.52. The number of halogens is 2. The first-order chi connectivity index (χ1) is 8.11. The van der Waals surface area contributed by atoms with Crippen molar-refractivity contribution in [3.8, 4) is 0 Å². The molecule has 0 aliphatic carbocycles. The van der Waals surface area contributed by atoms with Crippen molar-refractivity contribution in [1.29, 1.82) is 0 Å². The lowest BCUT2D eigenvalue weighted by Gasteiger charge is -2.10. The number of thiophene rings is 1. The molecule has 3 heteroatoms. The number of rotatable bonds is 3. The summed E-state index contributed by atoms with van der Waals surface area (Å²) in [6.45, 7) is 4.18. The number of hydrogen-bond donors (Lipinski definition) is 0. The number of hydrogen-bond acceptors (Lipinski definition) is 1. The summed E-state index contributed by atoms with van der Waals surface area (Å²) in [5.41, 5.74) is 2.14. The minimum atomic E-state index is -0.145. The molecule has 0 bridgehead atoms. The number of alkyl halides is 1. The van der Waals surface area contributed by atoms with Gasteiger partial charge in [0.05, 0.1) is 5.38 Å². The fraction of sp³-hybridized carbons (Fsp3) is 0.286. The van der Waals surface area contributed by atoms with Crippen molar-refractivity contribution in [3.05, 3.63) is 56.2 Å². The van der Waals surface area contributed by atoms with Crippen LogP contribution in [0.25, 0.3) is 0 Å². The van der Waals surface area contributed by atoms with Crippen LogP contribution in [0.3, 0.4) is 0 Å². The predicted molar refractivity (Wildman–Crippen MR) is 77.6 cm³/mol. The Labute approximate surface area is 116 Å². The molecule has 17 heavy (non-hydrogen) atoms. The van der Waals surface area contributed by atoms with Gasteiger partial charge in [0.15, 0.2) is 0 Å². The van der Waals surface area contributed by atoms with E-state index in [1.807, 2.05) is 25.1 Å². The maximum Gasteiger partial charge on any atom is 0.0942 e. The van der Waals surface area contributed by atoms with E-state index in [1.54, 1.807) is 11.3 Å². The zero-order valence-corrected chi connectivity index (χ0v) is 12.2. The highest BCUT2D eigenvalue weighted by Crippen LogP contribution is 2.37. The third-order valence-electron chi connectivity index (χ3n) is 2.71. The Balaban J connectivity index is 2.33. The van der Waals surface area contributed by atoms with E-state index in [9.17, 15) is 0 Å². The normalized spacial score (nSPS) is 12.7. The summed E-state index contributed by atoms with van der Waals surface area (Å²) >= 11 is 14.5. The molecule has 0 saturated carbocycles. The zero-order valence-electron chi connectivity index (χ0n) is 9.84. The lowest BCUT2D eigenvalue weighted by molar-refractivity contribution is 1.18. The number of benzene rings is 1. The molecule has 2 aromatic rings. The molecule has 1 aromatic heterocycles. The third-order valence-corrected chi connectivity index (χ3v) is 4.93. The van der Waals surface area contributed by atoms with Crippen LogP contribution in [0.4, 0.5) is 0 Å². The van der Waals surface area contributed by atoms with Gasteiger partial charge in [0, 0.05) is 14.8 Å². The van der Waals surface area contributed by atoms with Crippen molar-refractivity contribution < 1.29 is 0 Å². The lowest BCUT2D eigenvalue weighted by Crippen LogP contribution is -1.91. The van der Waals surface area contributed by atoms with Gasteiger partial charge in [-0.3, -0.25) is 0 Å². The Hall–Kier alpha value is -0.500. The fourth-order valence-electron chi connectivity index (χ4n) is 1.71. The molecule has 1 heterocycles. The Kier molecular flexibility index (Phi) is 4.13. The van der Waals surface area contributed by atoms with Crippen molar-refractivity contribution in [3.63, 3.8) is 0 Å². The summed E-state index contributed by atoms with van der Waals surface area (Å²) < 4.78 is 0. The molecule has 0 N–H and O–H groups in total. The molecule has 0 saturated heterocycles. The summed E-state index contributed by atoms with van der Waals surface area (Å²) in [5.74, 6) is 0. The van der Waals surface area contributed by atoms with E-state index in [1.165, 1.54) is 4.88 Å². The van der Waals surface area contributed by atoms with Gasteiger partial charge in [0.2, 0.25) is 0 Å². The van der Waals surface area contributed by atoms with Gasteiger partial charge in [-0.05, 0) is 42.7 Å². The maximum absolute atomic E-state index is 6.49. The highest BCUT2D eigenvalue weighted by molar-refractivity contribution is 7.12. The quantitative estimate of drug-likeness (QED) is 0.644. The lowest BCUT2D eigenvalue weighted by atomic mass is 10.1. The van der Waals surface area contributed by atoms with E-state index < -0.39 is 0 Å². The molecular formula is C14H14Cl2S. The average Bonchev–Trinajstić information content (AvgIpc) is 2.76. The molecule has 1 atom stereocenters. The van der Waals surface area contributed by atoms with Gasteiger partial charge in [-0.25, -0.2) is 0 Å². The molecular weight excluding hydrogens is 271 g/mol. The van der Waals surface area contributed by atoms with E-state index in [0.717, 1.165) is 27.4 Å². The van der Waals surface area contributed by atoms with Crippen molar-refractivity contribution in [1.82, 2.24) is 0 Å². The molecule has 1 unspecified atom stereocenters. The Bertz CT molecular complexity index is 517. The van der Waals surface area contributed by atoms with Crippen LogP contribution < -0.4 is 0 Å². The minimum Gasteiger partial charge on any atom is -0.143 e. The summed E-state index contributed by atoms with van der Waals surface area (Å²) in [6.07, 6.45) is 1.05. The van der Waals surface area contributed by atoms with Crippen LogP contribution in [0.2, 0.25) is 5.02 Å². The second-order valence-corrected chi connectivity index (χ2v) is 6.09. The first-order valence-electron chi connectivity index (χ1n) is 5.60. The molecule has 90 valence electrons. The first-order valence-corrected chi connectivity index (χ1v) is 7.23. The van der Waals surface area contributed by atoms with Gasteiger partial charge in [0.25, 0.3) is 0 Å². The van der Waals surface area contributed by atoms with Crippen LogP contribution in [-0.2, 0) is 6.42 Å². The number of aryl methyl sites for hydroxylation is 2. The molecule has 0 spiro atoms. The molecule has 0 aliphatic rings. The van der Waals surface area contributed by atoms with Crippen molar-refractivity contribution in [2.75, 3.05) is 0 Å². The van der Waals surface area contributed by atoms with E-state index in [-0.39, 0.29) is 5.38 Å². The summed E-state index contributed by atoms with van der Waals surface area (Å²) in [6, 6.07) is 10.3. The summed E-state index contributed by atoms with van der Waals surface area (Å²) in [5, 5.41) is 0.602. The Morgan fingerprint density at radius 2 is 2.00 bits per heavy atom. The SMILES string of the molecule is CCc1ccc(C(Cl)c2ccc(C)cc2Cl)s1. The largest absolute Gasteiger partial charge is 0.143 e. The Morgan fingerprint density at radius 1 is 1.24 bits per heavy atom. The van der Waals surface area contributed by atoms with Crippen LogP contribution in [0.1, 0.15) is 33.2 Å². The van der Waals surface area contributed by atoms with Crippen LogP contribution in [0.5, 0.6) is 0 Å². The molecule has 0 amide bonds. The molecule has 0 nitrogen and oxygen atoms in total. The average molecular weight is 285 g/mol. The van der Waals surface area contributed by atoms with E-state index in [0.29, 0.717) is 0 Å². The van der Waals surface area contributed by atoms with Crippen molar-refractivity contribution in [2.45, 2.75) is 25.6 Å². The van der Waals surface area contributed by atoms with E-state index >= 15 is 0 Å². The van der Waals surface area contributed by atoms with Crippen molar-refractivity contribution in [2.24, 2.45) is 0 Å². The van der Waals surface area contributed by atoms with Gasteiger partial charge >= 0.3 is 0 Å². The molecule has 0 fully saturated rings. The van der Waals surface area contributed by atoms with Gasteiger partial charge in [-0.2, -0.15) is 0 Å². The van der Waals surface area contributed by atoms with Crippen LogP contribution in [0.15, 0.2) is 30.3 Å². The predicted octanol–water partition coefficient (Wildman–Crippen LogP) is 5.60. The second kappa shape index (κ2) is 5.43. The van der Waals surface area contributed by atoms with Crippen molar-refractivity contribution >= 4 is 34.5 Å². The van der Waals surface area contributed by atoms with Gasteiger partial charge in [-0.1, -0.05) is 30.7 Å². The molecule has 2 rings (SSSR count). The van der Waals surface area contributed by atoms with Gasteiger partial charge < -0.3 is 0 Å². The topological polar surface area (TPSA) is 0 Å². The molecule has 0 aliphatic heterocycles. The second-order valence-electron chi connectivity index (χ2n) is 4.05. The first kappa shape index (κ1) is 12.9. The van der Waals surface area contributed by atoms with Gasteiger partial charge in [0.1, 0.15) is 0 Å². The van der Waals surface area contributed by atoms with E-state index in [4.69, 9.17) is 23.2 Å². The highest BCUT2D eigenvalue weighted by atomic mass is 35.5. The van der Waals surface area contributed by atoms with Gasteiger partial charge in [-0.15, -0.1) is 22.9 Å². The monoisotopic (exact) mass is 284 g/mol. The van der Waals surface area contributed by atoms with Crippen LogP contribution >= 0.6 is 34.5 Å². The minimum absolute atomic E-state index is 0.145. The molecule has 0 radical (unpaired) electrons. The summed E-state index contributed by atoms with van der Waals surface area (Å²) in [7, 11) is 0. The fourth-order valence-corrected chi connectivity index (χ4v) is 3.46. The van der Waals surface area contributed by atoms with E-state index in [2.05, 4.69) is 19.1 Å².